The Morgan fingerprint density at radius 1 is 0.545 bits per heavy atom. The normalized spacial score (nSPS) is 12.6. The van der Waals surface area contributed by atoms with Gasteiger partial charge in [0.1, 0.15) is 0 Å². The average molecular weight is 334 g/mol. The predicted octanol–water partition coefficient (Wildman–Crippen LogP) is 6.91. The van der Waals surface area contributed by atoms with Gasteiger partial charge >= 0.3 is 8.25 Å². The summed E-state index contributed by atoms with van der Waals surface area (Å²) >= 11 is 0. The summed E-state index contributed by atoms with van der Waals surface area (Å²) in [5, 5.41) is 0. The quantitative estimate of drug-likeness (QED) is 0.202. The fourth-order valence-corrected chi connectivity index (χ4v) is 3.18. The van der Waals surface area contributed by atoms with Gasteiger partial charge in [0.05, 0.1) is 13.2 Å². The van der Waals surface area contributed by atoms with E-state index in [1.54, 1.807) is 0 Å². The summed E-state index contributed by atoms with van der Waals surface area (Å²) in [5.41, 5.74) is 0. The standard InChI is InChI=1S/C18H39O3P/c1-3-5-7-9-10-11-12-13-14-16-18-21-22(19)20-17-15-8-6-4-2/h22H,3-18H2,1-2H3. The van der Waals surface area contributed by atoms with Gasteiger partial charge in [-0.3, -0.25) is 4.57 Å². The smallest absolute Gasteiger partial charge is 0.311 e. The molecule has 0 bridgehead atoms. The molecule has 3 nitrogen and oxygen atoms in total. The van der Waals surface area contributed by atoms with Crippen molar-refractivity contribution in [2.75, 3.05) is 13.2 Å². The van der Waals surface area contributed by atoms with Crippen molar-refractivity contribution in [3.8, 4) is 0 Å². The summed E-state index contributed by atoms with van der Waals surface area (Å²) in [4.78, 5) is 0. The third-order valence-electron chi connectivity index (χ3n) is 3.94. The minimum absolute atomic E-state index is 0.579. The summed E-state index contributed by atoms with van der Waals surface area (Å²) in [6, 6.07) is 0. The molecule has 0 heterocycles. The van der Waals surface area contributed by atoms with Gasteiger partial charge in [-0.1, -0.05) is 90.9 Å². The SMILES string of the molecule is CCCCCCCCCCCCO[PH](=O)OCCCCCC. The van der Waals surface area contributed by atoms with Crippen molar-refractivity contribution >= 4 is 8.25 Å². The molecular weight excluding hydrogens is 295 g/mol. The second-order valence-corrected chi connectivity index (χ2v) is 7.27. The number of hydrogen-bond acceptors (Lipinski definition) is 3. The van der Waals surface area contributed by atoms with E-state index >= 15 is 0 Å². The molecule has 0 rings (SSSR count). The Labute approximate surface area is 139 Å². The van der Waals surface area contributed by atoms with Gasteiger partial charge in [-0.2, -0.15) is 0 Å². The van der Waals surface area contributed by atoms with Crippen LogP contribution in [0.3, 0.4) is 0 Å². The second kappa shape index (κ2) is 19.2. The van der Waals surface area contributed by atoms with E-state index in [9.17, 15) is 4.57 Å². The molecule has 0 aliphatic heterocycles. The topological polar surface area (TPSA) is 35.5 Å². The Kier molecular flexibility index (Phi) is 19.3. The van der Waals surface area contributed by atoms with E-state index in [1.165, 1.54) is 70.6 Å². The van der Waals surface area contributed by atoms with Crippen LogP contribution in [0.4, 0.5) is 0 Å². The van der Waals surface area contributed by atoms with Crippen LogP contribution in [0, 0.1) is 0 Å². The van der Waals surface area contributed by atoms with E-state index < -0.39 is 8.25 Å². The van der Waals surface area contributed by atoms with Gasteiger partial charge in [0.15, 0.2) is 0 Å². The van der Waals surface area contributed by atoms with Crippen molar-refractivity contribution < 1.29 is 13.6 Å². The first-order chi connectivity index (χ1) is 10.8. The molecule has 0 aromatic heterocycles. The van der Waals surface area contributed by atoms with E-state index in [-0.39, 0.29) is 0 Å². The fourth-order valence-electron chi connectivity index (χ4n) is 2.47. The number of rotatable bonds is 18. The largest absolute Gasteiger partial charge is 0.319 e. The van der Waals surface area contributed by atoms with Crippen LogP contribution in [0.2, 0.25) is 0 Å². The van der Waals surface area contributed by atoms with Crippen LogP contribution >= 0.6 is 8.25 Å². The molecule has 1 unspecified atom stereocenters. The predicted molar refractivity (Wildman–Crippen MR) is 96.9 cm³/mol. The first-order valence-electron chi connectivity index (χ1n) is 9.60. The zero-order valence-electron chi connectivity index (χ0n) is 15.0. The van der Waals surface area contributed by atoms with E-state index in [1.807, 2.05) is 0 Å². The monoisotopic (exact) mass is 334 g/mol. The Hall–Kier alpha value is 0.150. The molecule has 0 aliphatic rings. The molecule has 4 heteroatoms. The van der Waals surface area contributed by atoms with Crippen molar-refractivity contribution in [2.24, 2.45) is 0 Å². The van der Waals surface area contributed by atoms with E-state index in [4.69, 9.17) is 9.05 Å². The maximum atomic E-state index is 11.5. The van der Waals surface area contributed by atoms with Crippen LogP contribution in [0.1, 0.15) is 104 Å². The molecule has 0 spiro atoms. The molecule has 0 radical (unpaired) electrons. The Morgan fingerprint density at radius 3 is 1.27 bits per heavy atom. The van der Waals surface area contributed by atoms with Crippen LogP contribution < -0.4 is 0 Å². The molecule has 0 saturated heterocycles. The first kappa shape index (κ1) is 22.1. The third-order valence-corrected chi connectivity index (χ3v) is 4.82. The summed E-state index contributed by atoms with van der Waals surface area (Å²) in [5.74, 6) is 0. The van der Waals surface area contributed by atoms with Gasteiger partial charge in [-0.15, -0.1) is 0 Å². The molecule has 0 fully saturated rings. The molecule has 0 aromatic carbocycles. The lowest BCUT2D eigenvalue weighted by Gasteiger charge is -2.06. The summed E-state index contributed by atoms with van der Waals surface area (Å²) in [6.45, 7) is 5.60. The molecule has 0 amide bonds. The van der Waals surface area contributed by atoms with Gasteiger partial charge in [0.25, 0.3) is 0 Å². The highest BCUT2D eigenvalue weighted by molar-refractivity contribution is 7.33. The maximum absolute atomic E-state index is 11.5. The van der Waals surface area contributed by atoms with E-state index in [2.05, 4.69) is 13.8 Å². The van der Waals surface area contributed by atoms with Crippen LogP contribution in [0.5, 0.6) is 0 Å². The van der Waals surface area contributed by atoms with Gasteiger partial charge in [0, 0.05) is 0 Å². The molecule has 0 aliphatic carbocycles. The summed E-state index contributed by atoms with van der Waals surface area (Å²) in [7, 11) is -2.24. The minimum atomic E-state index is -2.24. The first-order valence-corrected chi connectivity index (χ1v) is 10.8. The molecule has 0 aromatic rings. The van der Waals surface area contributed by atoms with Crippen molar-refractivity contribution in [1.29, 1.82) is 0 Å². The molecular formula is C18H39O3P. The molecule has 0 N–H and O–H groups in total. The van der Waals surface area contributed by atoms with Crippen LogP contribution in [0.25, 0.3) is 0 Å². The summed E-state index contributed by atoms with van der Waals surface area (Å²) in [6.07, 6.45) is 17.6. The van der Waals surface area contributed by atoms with E-state index in [0.717, 1.165) is 19.3 Å². The number of hydrogen-bond donors (Lipinski definition) is 0. The molecule has 134 valence electrons. The van der Waals surface area contributed by atoms with Crippen molar-refractivity contribution in [1.82, 2.24) is 0 Å². The third kappa shape index (κ3) is 18.2. The lowest BCUT2D eigenvalue weighted by atomic mass is 10.1. The lowest BCUT2D eigenvalue weighted by Crippen LogP contribution is -1.92. The second-order valence-electron chi connectivity index (χ2n) is 6.19. The lowest BCUT2D eigenvalue weighted by molar-refractivity contribution is 0.218. The summed E-state index contributed by atoms with van der Waals surface area (Å²) < 4.78 is 21.9. The van der Waals surface area contributed by atoms with Crippen molar-refractivity contribution in [3.05, 3.63) is 0 Å². The average Bonchev–Trinajstić information content (AvgIpc) is 2.52. The van der Waals surface area contributed by atoms with Crippen LogP contribution in [0.15, 0.2) is 0 Å². The zero-order valence-corrected chi connectivity index (χ0v) is 16.0. The Balaban J connectivity index is 3.10. The van der Waals surface area contributed by atoms with Gasteiger partial charge < -0.3 is 9.05 Å². The van der Waals surface area contributed by atoms with Gasteiger partial charge in [0.2, 0.25) is 0 Å². The zero-order chi connectivity index (χ0) is 16.3. The van der Waals surface area contributed by atoms with Crippen molar-refractivity contribution in [2.45, 2.75) is 104 Å². The molecule has 22 heavy (non-hydrogen) atoms. The highest BCUT2D eigenvalue weighted by atomic mass is 31.1. The minimum Gasteiger partial charge on any atom is -0.311 e. The van der Waals surface area contributed by atoms with Gasteiger partial charge in [-0.05, 0) is 12.8 Å². The molecule has 0 saturated carbocycles. The highest BCUT2D eigenvalue weighted by Gasteiger charge is 1.99. The van der Waals surface area contributed by atoms with Crippen LogP contribution in [-0.4, -0.2) is 13.2 Å². The number of unbranched alkanes of at least 4 members (excludes halogenated alkanes) is 12. The van der Waals surface area contributed by atoms with E-state index in [0.29, 0.717) is 13.2 Å². The van der Waals surface area contributed by atoms with Gasteiger partial charge in [-0.25, -0.2) is 0 Å². The van der Waals surface area contributed by atoms with Crippen molar-refractivity contribution in [3.63, 3.8) is 0 Å². The Bertz CT molecular complexity index is 234. The maximum Gasteiger partial charge on any atom is 0.319 e. The molecule has 1 atom stereocenters. The Morgan fingerprint density at radius 2 is 0.864 bits per heavy atom. The van der Waals surface area contributed by atoms with Crippen LogP contribution in [-0.2, 0) is 13.6 Å². The highest BCUT2D eigenvalue weighted by Crippen LogP contribution is 2.24. The fraction of sp³-hybridized carbons (Fsp3) is 1.00.